The van der Waals surface area contributed by atoms with Crippen LogP contribution in [0.4, 0.5) is 0 Å². The van der Waals surface area contributed by atoms with Crippen LogP contribution in [0.2, 0.25) is 0 Å². The average molecular weight is 238 g/mol. The Labute approximate surface area is 100 Å². The van der Waals surface area contributed by atoms with E-state index < -0.39 is 0 Å². The number of hydrogen-bond acceptors (Lipinski definition) is 4. The summed E-state index contributed by atoms with van der Waals surface area (Å²) in [6.07, 6.45) is 6.39. The Bertz CT molecular complexity index is 352. The van der Waals surface area contributed by atoms with Crippen molar-refractivity contribution in [3.63, 3.8) is 0 Å². The third-order valence-electron chi connectivity index (χ3n) is 3.22. The SMILES string of the molecule is O=C(CCn1ccnn1)NCC1CCCC1O. The summed E-state index contributed by atoms with van der Waals surface area (Å²) < 4.78 is 1.63. The highest BCUT2D eigenvalue weighted by molar-refractivity contribution is 5.75. The number of carbonyl (C=O) groups is 1. The van der Waals surface area contributed by atoms with Crippen LogP contribution in [0.15, 0.2) is 12.4 Å². The molecule has 6 heteroatoms. The van der Waals surface area contributed by atoms with Crippen molar-refractivity contribution in [3.8, 4) is 0 Å². The summed E-state index contributed by atoms with van der Waals surface area (Å²) in [5, 5.41) is 19.9. The Morgan fingerprint density at radius 1 is 1.53 bits per heavy atom. The van der Waals surface area contributed by atoms with Gasteiger partial charge in [0.05, 0.1) is 18.8 Å². The molecule has 1 amide bonds. The molecule has 0 aliphatic heterocycles. The molecule has 0 aromatic carbocycles. The molecule has 0 radical (unpaired) electrons. The minimum absolute atomic E-state index is 0.000370. The van der Waals surface area contributed by atoms with Crippen molar-refractivity contribution in [3.05, 3.63) is 12.4 Å². The quantitative estimate of drug-likeness (QED) is 0.753. The molecule has 1 aromatic heterocycles. The van der Waals surface area contributed by atoms with Gasteiger partial charge in [-0.3, -0.25) is 9.48 Å². The number of aliphatic hydroxyl groups is 1. The molecule has 0 spiro atoms. The minimum Gasteiger partial charge on any atom is -0.393 e. The van der Waals surface area contributed by atoms with Crippen LogP contribution < -0.4 is 5.32 Å². The number of aromatic nitrogens is 3. The van der Waals surface area contributed by atoms with Gasteiger partial charge in [-0.2, -0.15) is 0 Å². The molecule has 17 heavy (non-hydrogen) atoms. The number of nitrogens with one attached hydrogen (secondary N) is 1. The van der Waals surface area contributed by atoms with Gasteiger partial charge in [0.25, 0.3) is 0 Å². The Morgan fingerprint density at radius 3 is 3.06 bits per heavy atom. The first-order chi connectivity index (χ1) is 8.25. The second-order valence-electron chi connectivity index (χ2n) is 4.48. The number of aliphatic hydroxyl groups excluding tert-OH is 1. The molecule has 1 aromatic rings. The molecule has 94 valence electrons. The van der Waals surface area contributed by atoms with Crippen LogP contribution in [0, 0.1) is 5.92 Å². The van der Waals surface area contributed by atoms with E-state index in [-0.39, 0.29) is 17.9 Å². The maximum atomic E-state index is 11.5. The predicted octanol–water partition coefficient (Wildman–Crippen LogP) is -0.0546. The highest BCUT2D eigenvalue weighted by atomic mass is 16.3. The lowest BCUT2D eigenvalue weighted by Crippen LogP contribution is -2.32. The van der Waals surface area contributed by atoms with E-state index in [2.05, 4.69) is 15.6 Å². The molecule has 0 bridgehead atoms. The smallest absolute Gasteiger partial charge is 0.221 e. The summed E-state index contributed by atoms with van der Waals surface area (Å²) >= 11 is 0. The zero-order chi connectivity index (χ0) is 12.1. The summed E-state index contributed by atoms with van der Waals surface area (Å²) in [7, 11) is 0. The van der Waals surface area contributed by atoms with Crippen molar-refractivity contribution in [2.24, 2.45) is 5.92 Å². The zero-order valence-electron chi connectivity index (χ0n) is 9.75. The van der Waals surface area contributed by atoms with Gasteiger partial charge in [-0.25, -0.2) is 0 Å². The highest BCUT2D eigenvalue weighted by Gasteiger charge is 2.25. The van der Waals surface area contributed by atoms with E-state index in [1.165, 1.54) is 0 Å². The van der Waals surface area contributed by atoms with E-state index in [9.17, 15) is 9.90 Å². The van der Waals surface area contributed by atoms with E-state index in [0.717, 1.165) is 19.3 Å². The monoisotopic (exact) mass is 238 g/mol. The van der Waals surface area contributed by atoms with Crippen LogP contribution in [0.3, 0.4) is 0 Å². The summed E-state index contributed by atoms with van der Waals surface area (Å²) in [5.41, 5.74) is 0. The molecule has 6 nitrogen and oxygen atoms in total. The first kappa shape index (κ1) is 12.0. The number of amides is 1. The van der Waals surface area contributed by atoms with Gasteiger partial charge in [0, 0.05) is 25.1 Å². The van der Waals surface area contributed by atoms with Crippen LogP contribution >= 0.6 is 0 Å². The maximum absolute atomic E-state index is 11.5. The highest BCUT2D eigenvalue weighted by Crippen LogP contribution is 2.24. The first-order valence-corrected chi connectivity index (χ1v) is 6.04. The number of carbonyl (C=O) groups excluding carboxylic acids is 1. The van der Waals surface area contributed by atoms with Gasteiger partial charge in [-0.05, 0) is 12.8 Å². The Balaban J connectivity index is 1.64. The van der Waals surface area contributed by atoms with Gasteiger partial charge in [-0.15, -0.1) is 5.10 Å². The fourth-order valence-electron chi connectivity index (χ4n) is 2.16. The van der Waals surface area contributed by atoms with Crippen molar-refractivity contribution >= 4 is 5.91 Å². The summed E-state index contributed by atoms with van der Waals surface area (Å²) in [6.45, 7) is 1.12. The largest absolute Gasteiger partial charge is 0.393 e. The molecule has 2 rings (SSSR count). The molecule has 2 unspecified atom stereocenters. The van der Waals surface area contributed by atoms with E-state index >= 15 is 0 Å². The fraction of sp³-hybridized carbons (Fsp3) is 0.727. The molecular formula is C11H18N4O2. The third-order valence-corrected chi connectivity index (χ3v) is 3.22. The van der Waals surface area contributed by atoms with Crippen molar-refractivity contribution in [1.29, 1.82) is 0 Å². The predicted molar refractivity (Wildman–Crippen MR) is 61.0 cm³/mol. The maximum Gasteiger partial charge on any atom is 0.221 e. The number of rotatable bonds is 5. The molecular weight excluding hydrogens is 220 g/mol. The lowest BCUT2D eigenvalue weighted by Gasteiger charge is -2.14. The standard InChI is InChI=1S/C11H18N4O2/c16-10-3-1-2-9(10)8-12-11(17)4-6-15-7-5-13-14-15/h5,7,9-10,16H,1-4,6,8H2,(H,12,17). The van der Waals surface area contributed by atoms with E-state index in [4.69, 9.17) is 0 Å². The van der Waals surface area contributed by atoms with E-state index in [0.29, 0.717) is 19.5 Å². The first-order valence-electron chi connectivity index (χ1n) is 6.04. The molecule has 0 saturated heterocycles. The summed E-state index contributed by atoms with van der Waals surface area (Å²) in [4.78, 5) is 11.5. The van der Waals surface area contributed by atoms with Crippen molar-refractivity contribution in [2.45, 2.75) is 38.3 Å². The van der Waals surface area contributed by atoms with Crippen LogP contribution in [-0.4, -0.2) is 38.7 Å². The molecule has 1 heterocycles. The fourth-order valence-corrected chi connectivity index (χ4v) is 2.16. The number of nitrogens with zero attached hydrogens (tertiary/aromatic N) is 3. The third kappa shape index (κ3) is 3.52. The molecule has 2 N–H and O–H groups in total. The van der Waals surface area contributed by atoms with Crippen molar-refractivity contribution in [1.82, 2.24) is 20.3 Å². The Kier molecular flexibility index (Phi) is 4.08. The Hall–Kier alpha value is -1.43. The van der Waals surface area contributed by atoms with Crippen molar-refractivity contribution in [2.75, 3.05) is 6.54 Å². The van der Waals surface area contributed by atoms with Crippen LogP contribution in [0.5, 0.6) is 0 Å². The van der Waals surface area contributed by atoms with Gasteiger partial charge in [0.15, 0.2) is 0 Å². The second-order valence-corrected chi connectivity index (χ2v) is 4.48. The lowest BCUT2D eigenvalue weighted by molar-refractivity contribution is -0.121. The second kappa shape index (κ2) is 5.77. The van der Waals surface area contributed by atoms with Crippen LogP contribution in [-0.2, 0) is 11.3 Å². The van der Waals surface area contributed by atoms with Crippen LogP contribution in [0.1, 0.15) is 25.7 Å². The van der Waals surface area contributed by atoms with Gasteiger partial charge in [0.1, 0.15) is 0 Å². The minimum atomic E-state index is -0.245. The summed E-state index contributed by atoms with van der Waals surface area (Å²) in [6, 6.07) is 0. The molecule has 1 aliphatic carbocycles. The molecule has 1 fully saturated rings. The van der Waals surface area contributed by atoms with E-state index in [1.807, 2.05) is 0 Å². The van der Waals surface area contributed by atoms with Crippen LogP contribution in [0.25, 0.3) is 0 Å². The molecule has 2 atom stereocenters. The number of hydrogen-bond donors (Lipinski definition) is 2. The van der Waals surface area contributed by atoms with Gasteiger partial charge < -0.3 is 10.4 Å². The van der Waals surface area contributed by atoms with Gasteiger partial charge >= 0.3 is 0 Å². The van der Waals surface area contributed by atoms with Crippen molar-refractivity contribution < 1.29 is 9.90 Å². The van der Waals surface area contributed by atoms with E-state index in [1.54, 1.807) is 17.1 Å². The average Bonchev–Trinajstić information content (AvgIpc) is 2.95. The Morgan fingerprint density at radius 2 is 2.41 bits per heavy atom. The topological polar surface area (TPSA) is 80.0 Å². The number of aryl methyl sites for hydroxylation is 1. The molecule has 1 saturated carbocycles. The lowest BCUT2D eigenvalue weighted by atomic mass is 10.1. The molecule has 1 aliphatic rings. The zero-order valence-corrected chi connectivity index (χ0v) is 9.75. The van der Waals surface area contributed by atoms with Gasteiger partial charge in [0.2, 0.25) is 5.91 Å². The normalized spacial score (nSPS) is 23.8. The van der Waals surface area contributed by atoms with Gasteiger partial charge in [-0.1, -0.05) is 11.6 Å². The summed E-state index contributed by atoms with van der Waals surface area (Å²) in [5.74, 6) is 0.227.